The van der Waals surface area contributed by atoms with Crippen molar-refractivity contribution in [1.29, 1.82) is 0 Å². The highest BCUT2D eigenvalue weighted by Crippen LogP contribution is 2.33. The molecule has 1 saturated heterocycles. The van der Waals surface area contributed by atoms with Gasteiger partial charge in [0.05, 0.1) is 16.5 Å². The van der Waals surface area contributed by atoms with Gasteiger partial charge in [0, 0.05) is 30.5 Å². The summed E-state index contributed by atoms with van der Waals surface area (Å²) < 4.78 is 0. The zero-order chi connectivity index (χ0) is 20.2. The van der Waals surface area contributed by atoms with Crippen LogP contribution in [0.3, 0.4) is 0 Å². The highest BCUT2D eigenvalue weighted by atomic mass is 35.5. The van der Waals surface area contributed by atoms with Gasteiger partial charge in [-0.05, 0) is 37.1 Å². The predicted molar refractivity (Wildman–Crippen MR) is 113 cm³/mol. The number of halogens is 1. The van der Waals surface area contributed by atoms with E-state index in [2.05, 4.69) is 25.2 Å². The summed E-state index contributed by atoms with van der Waals surface area (Å²) in [5.41, 5.74) is 2.55. The molecule has 150 valence electrons. The van der Waals surface area contributed by atoms with Gasteiger partial charge in [0.2, 0.25) is 5.91 Å². The van der Waals surface area contributed by atoms with Crippen molar-refractivity contribution in [3.8, 4) is 10.6 Å². The van der Waals surface area contributed by atoms with E-state index in [0.717, 1.165) is 35.1 Å². The maximum Gasteiger partial charge on any atom is 0.248 e. The number of piperidine rings is 1. The topological polar surface area (TPSA) is 103 Å². The molecule has 1 aliphatic heterocycles. The number of hydroxylamine groups is 1. The van der Waals surface area contributed by atoms with Crippen molar-refractivity contribution >= 4 is 45.6 Å². The third kappa shape index (κ3) is 4.64. The van der Waals surface area contributed by atoms with Gasteiger partial charge in [-0.3, -0.25) is 10.0 Å². The van der Waals surface area contributed by atoms with E-state index in [1.54, 1.807) is 30.0 Å². The lowest BCUT2D eigenvalue weighted by atomic mass is 9.98. The van der Waals surface area contributed by atoms with Gasteiger partial charge in [0.1, 0.15) is 11.6 Å². The third-order valence-electron chi connectivity index (χ3n) is 4.65. The highest BCUT2D eigenvalue weighted by Gasteiger charge is 2.27. The standard InChI is InChI=1S/C19H19ClN6O2S/c20-13-6-7-21-17(9-13)24-16-5-1-4-14(23-16)15-10-22-19(29-15)26-8-2-3-12(11-26)18(27)25-28/h1,4-7,9-10,12,28H,2-3,8,11H2,(H,25,27)(H,21,23,24). The first kappa shape index (κ1) is 19.6. The monoisotopic (exact) mass is 430 g/mol. The Labute approximate surface area is 176 Å². The Morgan fingerprint density at radius 1 is 1.28 bits per heavy atom. The molecule has 0 radical (unpaired) electrons. The molecule has 1 aliphatic rings. The van der Waals surface area contributed by atoms with Crippen LogP contribution in [0.25, 0.3) is 10.6 Å². The summed E-state index contributed by atoms with van der Waals surface area (Å²) in [6, 6.07) is 9.14. The van der Waals surface area contributed by atoms with Crippen LogP contribution in [-0.4, -0.2) is 39.2 Å². The lowest BCUT2D eigenvalue weighted by Gasteiger charge is -2.31. The van der Waals surface area contributed by atoms with E-state index >= 15 is 0 Å². The van der Waals surface area contributed by atoms with Crippen molar-refractivity contribution in [2.75, 3.05) is 23.3 Å². The molecule has 4 rings (SSSR count). The second kappa shape index (κ2) is 8.73. The molecule has 1 atom stereocenters. The molecular weight excluding hydrogens is 412 g/mol. The first-order valence-corrected chi connectivity index (χ1v) is 10.3. The van der Waals surface area contributed by atoms with Crippen LogP contribution in [0.15, 0.2) is 42.7 Å². The van der Waals surface area contributed by atoms with Gasteiger partial charge in [-0.1, -0.05) is 29.0 Å². The maximum absolute atomic E-state index is 11.7. The predicted octanol–water partition coefficient (Wildman–Crippen LogP) is 3.72. The van der Waals surface area contributed by atoms with Crippen LogP contribution < -0.4 is 15.7 Å². The SMILES string of the molecule is O=C(NO)C1CCCN(c2ncc(-c3cccc(Nc4cc(Cl)ccn4)n3)s2)C1. The minimum Gasteiger partial charge on any atom is -0.347 e. The number of carbonyl (C=O) groups excluding carboxylic acids is 1. The van der Waals surface area contributed by atoms with Crippen LogP contribution in [0.2, 0.25) is 5.02 Å². The summed E-state index contributed by atoms with van der Waals surface area (Å²) in [5.74, 6) is 0.692. The van der Waals surface area contributed by atoms with Crippen molar-refractivity contribution in [1.82, 2.24) is 20.4 Å². The molecule has 29 heavy (non-hydrogen) atoms. The number of carbonyl (C=O) groups is 1. The molecule has 3 N–H and O–H groups in total. The van der Waals surface area contributed by atoms with Gasteiger partial charge in [-0.15, -0.1) is 0 Å². The van der Waals surface area contributed by atoms with Crippen molar-refractivity contribution in [3.63, 3.8) is 0 Å². The van der Waals surface area contributed by atoms with Crippen LogP contribution in [0.4, 0.5) is 16.8 Å². The Morgan fingerprint density at radius 3 is 3.00 bits per heavy atom. The Bertz CT molecular complexity index is 1010. The fourth-order valence-electron chi connectivity index (χ4n) is 3.23. The lowest BCUT2D eigenvalue weighted by molar-refractivity contribution is -0.133. The average Bonchev–Trinajstić information content (AvgIpc) is 3.24. The van der Waals surface area contributed by atoms with Gasteiger partial charge in [0.25, 0.3) is 0 Å². The summed E-state index contributed by atoms with van der Waals surface area (Å²) in [5, 5.41) is 13.5. The summed E-state index contributed by atoms with van der Waals surface area (Å²) in [6.45, 7) is 1.37. The molecular formula is C19H19ClN6O2S. The molecule has 3 aromatic rings. The zero-order valence-electron chi connectivity index (χ0n) is 15.4. The number of amides is 1. The first-order valence-electron chi connectivity index (χ1n) is 9.13. The van der Waals surface area contributed by atoms with E-state index < -0.39 is 0 Å². The molecule has 0 spiro atoms. The van der Waals surface area contributed by atoms with Crippen LogP contribution in [-0.2, 0) is 4.79 Å². The van der Waals surface area contributed by atoms with Crippen LogP contribution in [0, 0.1) is 5.92 Å². The number of pyridine rings is 2. The lowest BCUT2D eigenvalue weighted by Crippen LogP contribution is -2.42. The Morgan fingerprint density at radius 2 is 2.17 bits per heavy atom. The normalized spacial score (nSPS) is 16.5. The molecule has 1 fully saturated rings. The molecule has 3 aromatic heterocycles. The molecule has 1 unspecified atom stereocenters. The number of rotatable bonds is 5. The van der Waals surface area contributed by atoms with E-state index in [4.69, 9.17) is 16.8 Å². The van der Waals surface area contributed by atoms with E-state index in [0.29, 0.717) is 23.2 Å². The molecule has 1 amide bonds. The first-order chi connectivity index (χ1) is 14.1. The van der Waals surface area contributed by atoms with Crippen LogP contribution in [0.5, 0.6) is 0 Å². The van der Waals surface area contributed by atoms with Gasteiger partial charge >= 0.3 is 0 Å². The number of hydrogen-bond acceptors (Lipinski definition) is 8. The largest absolute Gasteiger partial charge is 0.347 e. The van der Waals surface area contributed by atoms with Crippen molar-refractivity contribution in [2.24, 2.45) is 5.92 Å². The van der Waals surface area contributed by atoms with E-state index in [-0.39, 0.29) is 11.8 Å². The molecule has 0 bridgehead atoms. The summed E-state index contributed by atoms with van der Waals surface area (Å²) in [7, 11) is 0. The quantitative estimate of drug-likeness (QED) is 0.418. The summed E-state index contributed by atoms with van der Waals surface area (Å²) in [6.07, 6.45) is 5.05. The van der Waals surface area contributed by atoms with Gasteiger partial charge in [-0.2, -0.15) is 0 Å². The maximum atomic E-state index is 11.7. The van der Waals surface area contributed by atoms with Gasteiger partial charge < -0.3 is 10.2 Å². The second-order valence-corrected chi connectivity index (χ2v) is 8.11. The molecule has 4 heterocycles. The smallest absolute Gasteiger partial charge is 0.248 e. The second-order valence-electron chi connectivity index (χ2n) is 6.66. The molecule has 0 aromatic carbocycles. The van der Waals surface area contributed by atoms with Crippen molar-refractivity contribution < 1.29 is 10.0 Å². The minimum absolute atomic E-state index is 0.239. The average molecular weight is 431 g/mol. The van der Waals surface area contributed by atoms with Gasteiger partial charge in [0.15, 0.2) is 5.13 Å². The van der Waals surface area contributed by atoms with E-state index in [9.17, 15) is 4.79 Å². The zero-order valence-corrected chi connectivity index (χ0v) is 17.0. The third-order valence-corrected chi connectivity index (χ3v) is 5.96. The van der Waals surface area contributed by atoms with E-state index in [1.165, 1.54) is 11.3 Å². The van der Waals surface area contributed by atoms with Crippen molar-refractivity contribution in [3.05, 3.63) is 47.7 Å². The number of aromatic nitrogens is 3. The number of nitrogens with zero attached hydrogens (tertiary/aromatic N) is 4. The number of nitrogens with one attached hydrogen (secondary N) is 2. The van der Waals surface area contributed by atoms with Gasteiger partial charge in [-0.25, -0.2) is 20.4 Å². The Kier molecular flexibility index (Phi) is 5.89. The molecule has 10 heteroatoms. The van der Waals surface area contributed by atoms with Crippen LogP contribution in [0.1, 0.15) is 12.8 Å². The number of hydrogen-bond donors (Lipinski definition) is 3. The summed E-state index contributed by atoms with van der Waals surface area (Å²) in [4.78, 5) is 28.1. The van der Waals surface area contributed by atoms with E-state index in [1.807, 2.05) is 18.2 Å². The van der Waals surface area contributed by atoms with Crippen molar-refractivity contribution in [2.45, 2.75) is 12.8 Å². The Balaban J connectivity index is 1.50. The summed E-state index contributed by atoms with van der Waals surface area (Å²) >= 11 is 7.53. The molecule has 8 nitrogen and oxygen atoms in total. The fourth-order valence-corrected chi connectivity index (χ4v) is 4.31. The van der Waals surface area contributed by atoms with Crippen LogP contribution >= 0.6 is 22.9 Å². The fraction of sp³-hybridized carbons (Fsp3) is 0.263. The number of anilines is 3. The Hall–Kier alpha value is -2.75. The highest BCUT2D eigenvalue weighted by molar-refractivity contribution is 7.18. The molecule has 0 saturated carbocycles. The number of thiazole rings is 1. The minimum atomic E-state index is -0.346. The molecule has 0 aliphatic carbocycles.